The van der Waals surface area contributed by atoms with E-state index in [0.717, 1.165) is 43.1 Å². The summed E-state index contributed by atoms with van der Waals surface area (Å²) in [6, 6.07) is 8.03. The Balaban J connectivity index is 0.00000272. The molecule has 2 saturated heterocycles. The Bertz CT molecular complexity index is 758. The van der Waals surface area contributed by atoms with Gasteiger partial charge in [-0.05, 0) is 43.4 Å². The first-order chi connectivity index (χ1) is 14.7. The van der Waals surface area contributed by atoms with Crippen LogP contribution < -0.4 is 10.6 Å². The van der Waals surface area contributed by atoms with Gasteiger partial charge in [0.2, 0.25) is 0 Å². The molecule has 3 fully saturated rings. The molecule has 0 aromatic heterocycles. The zero-order valence-electron chi connectivity index (χ0n) is 18.4. The number of hydrogen-bond donors (Lipinski definition) is 2. The first-order valence-corrected chi connectivity index (χ1v) is 12.3. The number of carbonyl (C=O) groups excluding carboxylic acids is 1. The zero-order valence-corrected chi connectivity index (χ0v) is 21.5. The molecule has 2 aliphatic heterocycles. The summed E-state index contributed by atoms with van der Waals surface area (Å²) in [5.41, 5.74) is 1.94. The van der Waals surface area contributed by atoms with E-state index in [9.17, 15) is 4.79 Å². The molecule has 1 unspecified atom stereocenters. The van der Waals surface area contributed by atoms with Crippen LogP contribution >= 0.6 is 35.7 Å². The molecule has 1 saturated carbocycles. The summed E-state index contributed by atoms with van der Waals surface area (Å²) in [5, 5.41) is 6.54. The van der Waals surface area contributed by atoms with Gasteiger partial charge in [-0.1, -0.05) is 31.4 Å². The highest BCUT2D eigenvalue weighted by atomic mass is 127. The summed E-state index contributed by atoms with van der Waals surface area (Å²) in [7, 11) is 1.87. The number of ether oxygens (including phenoxy) is 1. The third-order valence-corrected chi connectivity index (χ3v) is 7.93. The van der Waals surface area contributed by atoms with Gasteiger partial charge < -0.3 is 20.3 Å². The quantitative estimate of drug-likeness (QED) is 0.329. The van der Waals surface area contributed by atoms with Crippen LogP contribution in [0.3, 0.4) is 0 Å². The second-order valence-electron chi connectivity index (χ2n) is 8.61. The summed E-state index contributed by atoms with van der Waals surface area (Å²) in [5.74, 6) is 2.11. The number of hydrogen-bond acceptors (Lipinski definition) is 4. The van der Waals surface area contributed by atoms with Gasteiger partial charge in [0.05, 0.1) is 0 Å². The molecule has 6 nitrogen and oxygen atoms in total. The van der Waals surface area contributed by atoms with Crippen LogP contribution in [0.4, 0.5) is 5.69 Å². The summed E-state index contributed by atoms with van der Waals surface area (Å²) < 4.78 is 5.90. The molecular formula is C23H35IN4O2S. The number of rotatable bonds is 4. The maximum absolute atomic E-state index is 12.3. The van der Waals surface area contributed by atoms with Crippen molar-refractivity contribution in [1.29, 1.82) is 0 Å². The number of carbonyl (C=O) groups is 1. The highest BCUT2D eigenvalue weighted by Gasteiger charge is 2.38. The molecule has 1 atom stereocenters. The molecule has 2 N–H and O–H groups in total. The fraction of sp³-hybridized carbons (Fsp3) is 0.652. The number of nitrogens with one attached hydrogen (secondary N) is 2. The van der Waals surface area contributed by atoms with E-state index in [-0.39, 0.29) is 36.0 Å². The molecule has 1 aromatic rings. The molecule has 8 heteroatoms. The van der Waals surface area contributed by atoms with Crippen LogP contribution in [0.25, 0.3) is 0 Å². The lowest BCUT2D eigenvalue weighted by atomic mass is 9.87. The van der Waals surface area contributed by atoms with Crippen molar-refractivity contribution in [3.63, 3.8) is 0 Å². The van der Waals surface area contributed by atoms with Gasteiger partial charge in [0.15, 0.2) is 5.96 Å². The standard InChI is InChI=1S/C23H34N4O2S.HI/c1-24-22(27-12-14-30-23(17-27)10-3-2-4-11-23)25-16-18-7-5-8-19(15-18)26-21(28)20-9-6-13-29-20;/h5,7-8,15,20H,2-4,6,9-14,16-17H2,1H3,(H,24,25)(H,26,28);1H. The highest BCUT2D eigenvalue weighted by molar-refractivity contribution is 14.0. The van der Waals surface area contributed by atoms with Crippen molar-refractivity contribution < 1.29 is 9.53 Å². The molecule has 1 aromatic carbocycles. The van der Waals surface area contributed by atoms with Gasteiger partial charge in [0.1, 0.15) is 6.10 Å². The lowest BCUT2D eigenvalue weighted by Gasteiger charge is -2.45. The molecule has 4 rings (SSSR count). The van der Waals surface area contributed by atoms with Gasteiger partial charge in [-0.3, -0.25) is 9.79 Å². The molecule has 31 heavy (non-hydrogen) atoms. The second kappa shape index (κ2) is 11.7. The minimum Gasteiger partial charge on any atom is -0.368 e. The largest absolute Gasteiger partial charge is 0.368 e. The van der Waals surface area contributed by atoms with E-state index in [1.54, 1.807) is 0 Å². The van der Waals surface area contributed by atoms with Gasteiger partial charge in [-0.15, -0.1) is 24.0 Å². The highest BCUT2D eigenvalue weighted by Crippen LogP contribution is 2.42. The van der Waals surface area contributed by atoms with Gasteiger partial charge in [0, 0.05) is 49.5 Å². The third kappa shape index (κ3) is 6.51. The van der Waals surface area contributed by atoms with E-state index in [0.29, 0.717) is 17.9 Å². The van der Waals surface area contributed by atoms with Crippen LogP contribution in [0.15, 0.2) is 29.3 Å². The lowest BCUT2D eigenvalue weighted by Crippen LogP contribution is -2.53. The molecule has 0 bridgehead atoms. The Morgan fingerprint density at radius 2 is 2.13 bits per heavy atom. The van der Waals surface area contributed by atoms with Crippen LogP contribution in [0, 0.1) is 0 Å². The fourth-order valence-corrected chi connectivity index (χ4v) is 6.37. The lowest BCUT2D eigenvalue weighted by molar-refractivity contribution is -0.124. The van der Waals surface area contributed by atoms with Crippen molar-refractivity contribution in [3.05, 3.63) is 29.8 Å². The monoisotopic (exact) mass is 558 g/mol. The van der Waals surface area contributed by atoms with E-state index in [1.807, 2.05) is 25.2 Å². The van der Waals surface area contributed by atoms with Gasteiger partial charge >= 0.3 is 0 Å². The molecule has 1 spiro atoms. The molecule has 172 valence electrons. The van der Waals surface area contributed by atoms with Crippen molar-refractivity contribution in [1.82, 2.24) is 10.2 Å². The molecular weight excluding hydrogens is 523 g/mol. The topological polar surface area (TPSA) is 66.0 Å². The third-order valence-electron chi connectivity index (χ3n) is 6.39. The minimum absolute atomic E-state index is 0. The average molecular weight is 559 g/mol. The molecule has 1 aliphatic carbocycles. The van der Waals surface area contributed by atoms with E-state index < -0.39 is 0 Å². The number of aliphatic imine (C=N–C) groups is 1. The number of anilines is 1. The van der Waals surface area contributed by atoms with E-state index >= 15 is 0 Å². The Morgan fingerprint density at radius 3 is 2.87 bits per heavy atom. The summed E-state index contributed by atoms with van der Waals surface area (Å²) >= 11 is 2.18. The summed E-state index contributed by atoms with van der Waals surface area (Å²) in [6.45, 7) is 3.50. The van der Waals surface area contributed by atoms with Crippen molar-refractivity contribution in [3.8, 4) is 0 Å². The number of halogens is 1. The van der Waals surface area contributed by atoms with Crippen molar-refractivity contribution in [2.24, 2.45) is 4.99 Å². The molecule has 3 aliphatic rings. The van der Waals surface area contributed by atoms with Gasteiger partial charge in [-0.2, -0.15) is 11.8 Å². The average Bonchev–Trinajstić information content (AvgIpc) is 3.30. The number of benzene rings is 1. The Morgan fingerprint density at radius 1 is 1.29 bits per heavy atom. The van der Waals surface area contributed by atoms with Crippen LogP contribution in [0.5, 0.6) is 0 Å². The number of guanidine groups is 1. The predicted molar refractivity (Wildman–Crippen MR) is 140 cm³/mol. The van der Waals surface area contributed by atoms with Gasteiger partial charge in [0.25, 0.3) is 5.91 Å². The van der Waals surface area contributed by atoms with Crippen molar-refractivity contribution in [2.75, 3.05) is 37.8 Å². The molecule has 2 heterocycles. The Hall–Kier alpha value is -1.00. The number of nitrogens with zero attached hydrogens (tertiary/aromatic N) is 2. The first-order valence-electron chi connectivity index (χ1n) is 11.3. The fourth-order valence-electron chi connectivity index (χ4n) is 4.80. The Kier molecular flexibility index (Phi) is 9.33. The molecule has 0 radical (unpaired) electrons. The van der Waals surface area contributed by atoms with Crippen LogP contribution in [0.1, 0.15) is 50.5 Å². The van der Waals surface area contributed by atoms with Gasteiger partial charge in [-0.25, -0.2) is 0 Å². The van der Waals surface area contributed by atoms with E-state index in [2.05, 4.69) is 38.4 Å². The van der Waals surface area contributed by atoms with Crippen LogP contribution in [0.2, 0.25) is 0 Å². The van der Waals surface area contributed by atoms with Crippen molar-refractivity contribution >= 4 is 53.3 Å². The van der Waals surface area contributed by atoms with Crippen molar-refractivity contribution in [2.45, 2.75) is 62.3 Å². The number of thioether (sulfide) groups is 1. The summed E-state index contributed by atoms with van der Waals surface area (Å²) in [6.07, 6.45) is 8.21. The smallest absolute Gasteiger partial charge is 0.253 e. The SMILES string of the molecule is CN=C(NCc1cccc(NC(=O)C2CCCO2)c1)N1CCSC2(CCCCC2)C1.I. The first kappa shape index (κ1) is 24.6. The second-order valence-corrected chi connectivity index (χ2v) is 10.2. The van der Waals surface area contributed by atoms with E-state index in [1.165, 1.54) is 37.9 Å². The zero-order chi connectivity index (χ0) is 20.8. The van der Waals surface area contributed by atoms with Crippen LogP contribution in [-0.2, 0) is 16.1 Å². The maximum atomic E-state index is 12.3. The predicted octanol–water partition coefficient (Wildman–Crippen LogP) is 4.25. The van der Waals surface area contributed by atoms with E-state index in [4.69, 9.17) is 4.74 Å². The maximum Gasteiger partial charge on any atom is 0.253 e. The van der Waals surface area contributed by atoms with Crippen LogP contribution in [-0.4, -0.2) is 60.1 Å². The minimum atomic E-state index is -0.310. The Labute approximate surface area is 207 Å². The summed E-state index contributed by atoms with van der Waals surface area (Å²) in [4.78, 5) is 19.3. The normalized spacial score (nSPS) is 23.3. The number of amides is 1. The molecule has 1 amide bonds.